The molecular weight excluding hydrogens is 655 g/mol. The minimum absolute atomic E-state index is 0.0265. The predicted octanol–water partition coefficient (Wildman–Crippen LogP) is 5.14. The summed E-state index contributed by atoms with van der Waals surface area (Å²) in [4.78, 5) is 16.1. The molecule has 5 unspecified atom stereocenters. The first-order chi connectivity index (χ1) is 24.2. The molecule has 4 aromatic rings. The quantitative estimate of drug-likeness (QED) is 0.186. The zero-order chi connectivity index (χ0) is 35.1. The molecule has 264 valence electrons. The minimum Gasteiger partial charge on any atom is -0.392 e. The minimum atomic E-state index is -3.97. The summed E-state index contributed by atoms with van der Waals surface area (Å²) in [5.74, 6) is -0.425. The fraction of sp³-hybridized carbons (Fsp3) is 0.359. The van der Waals surface area contributed by atoms with Crippen LogP contribution in [0, 0.1) is 12.8 Å². The number of rotatable bonds is 12. The van der Waals surface area contributed by atoms with Crippen molar-refractivity contribution in [2.24, 2.45) is 5.92 Å². The number of nitrogens with one attached hydrogen (secondary N) is 2. The Morgan fingerprint density at radius 2 is 1.52 bits per heavy atom. The molecule has 2 fully saturated rings. The SMILES string of the molecule is Cc1ccc(S(=O)(=O)NC(Cc2ccccc2)C(=O)Nc2ccc(C3OC(CN4CCOCC4)C(C)C(c4ccc(CO)cc4)O3)cc2)cc1. The first-order valence-corrected chi connectivity index (χ1v) is 18.5. The van der Waals surface area contributed by atoms with E-state index in [4.69, 9.17) is 14.2 Å². The van der Waals surface area contributed by atoms with Crippen molar-refractivity contribution in [2.75, 3.05) is 38.2 Å². The van der Waals surface area contributed by atoms with Crippen molar-refractivity contribution in [2.45, 2.75) is 56.3 Å². The molecule has 0 aliphatic carbocycles. The number of anilines is 1. The van der Waals surface area contributed by atoms with Crippen molar-refractivity contribution in [1.82, 2.24) is 9.62 Å². The van der Waals surface area contributed by atoms with E-state index >= 15 is 0 Å². The van der Waals surface area contributed by atoms with Gasteiger partial charge in [-0.3, -0.25) is 9.69 Å². The second kappa shape index (κ2) is 16.4. The average molecular weight is 700 g/mol. The van der Waals surface area contributed by atoms with Gasteiger partial charge in [0.05, 0.1) is 36.9 Å². The molecule has 2 heterocycles. The lowest BCUT2D eigenvalue weighted by molar-refractivity contribution is -0.277. The van der Waals surface area contributed by atoms with Crippen molar-refractivity contribution >= 4 is 21.6 Å². The van der Waals surface area contributed by atoms with E-state index in [1.54, 1.807) is 24.3 Å². The Balaban J connectivity index is 1.19. The van der Waals surface area contributed by atoms with Crippen LogP contribution in [0.4, 0.5) is 5.69 Å². The second-order valence-electron chi connectivity index (χ2n) is 13.0. The molecule has 1 amide bonds. The van der Waals surface area contributed by atoms with Crippen LogP contribution in [0.2, 0.25) is 0 Å². The molecule has 10 nitrogen and oxygen atoms in total. The van der Waals surface area contributed by atoms with Gasteiger partial charge in [-0.1, -0.05) is 91.3 Å². The van der Waals surface area contributed by atoms with E-state index in [0.717, 1.165) is 47.5 Å². The van der Waals surface area contributed by atoms with Crippen LogP contribution in [0.5, 0.6) is 0 Å². The maximum Gasteiger partial charge on any atom is 0.242 e. The molecule has 0 bridgehead atoms. The first-order valence-electron chi connectivity index (χ1n) is 17.0. The van der Waals surface area contributed by atoms with E-state index in [-0.39, 0.29) is 36.0 Å². The third-order valence-electron chi connectivity index (χ3n) is 9.34. The van der Waals surface area contributed by atoms with Gasteiger partial charge >= 0.3 is 0 Å². The lowest BCUT2D eigenvalue weighted by Gasteiger charge is -2.43. The molecule has 0 spiro atoms. The Labute approximate surface area is 294 Å². The fourth-order valence-corrected chi connectivity index (χ4v) is 7.53. The third kappa shape index (κ3) is 9.04. The topological polar surface area (TPSA) is 126 Å². The van der Waals surface area contributed by atoms with Crippen molar-refractivity contribution in [3.8, 4) is 0 Å². The van der Waals surface area contributed by atoms with Gasteiger partial charge in [0.2, 0.25) is 15.9 Å². The van der Waals surface area contributed by atoms with Crippen LogP contribution in [0.15, 0.2) is 108 Å². The molecule has 2 aliphatic heterocycles. The highest BCUT2D eigenvalue weighted by Gasteiger charge is 2.39. The lowest BCUT2D eigenvalue weighted by atomic mass is 9.90. The summed E-state index contributed by atoms with van der Waals surface area (Å²) in [7, 11) is -3.97. The number of benzene rings is 4. The zero-order valence-corrected chi connectivity index (χ0v) is 29.2. The highest BCUT2D eigenvalue weighted by molar-refractivity contribution is 7.89. The number of aryl methyl sites for hydroxylation is 1. The van der Waals surface area contributed by atoms with Gasteiger partial charge in [0.25, 0.3) is 0 Å². The van der Waals surface area contributed by atoms with E-state index in [1.165, 1.54) is 12.1 Å². The van der Waals surface area contributed by atoms with Crippen LogP contribution in [0.3, 0.4) is 0 Å². The number of carbonyl (C=O) groups excluding carboxylic acids is 1. The summed E-state index contributed by atoms with van der Waals surface area (Å²) in [6.45, 7) is 7.81. The van der Waals surface area contributed by atoms with Crippen molar-refractivity contribution < 1.29 is 32.5 Å². The number of amides is 1. The van der Waals surface area contributed by atoms with Gasteiger partial charge in [0.15, 0.2) is 6.29 Å². The molecule has 50 heavy (non-hydrogen) atoms. The van der Waals surface area contributed by atoms with Crippen LogP contribution in [0.1, 0.15) is 47.1 Å². The van der Waals surface area contributed by atoms with Gasteiger partial charge < -0.3 is 24.6 Å². The Kier molecular flexibility index (Phi) is 11.8. The van der Waals surface area contributed by atoms with Crippen LogP contribution in [-0.2, 0) is 42.1 Å². The lowest BCUT2D eigenvalue weighted by Crippen LogP contribution is -2.47. The van der Waals surface area contributed by atoms with Gasteiger partial charge in [-0.25, -0.2) is 8.42 Å². The summed E-state index contributed by atoms with van der Waals surface area (Å²) >= 11 is 0. The smallest absolute Gasteiger partial charge is 0.242 e. The molecule has 0 aromatic heterocycles. The number of sulfonamides is 1. The van der Waals surface area contributed by atoms with E-state index in [9.17, 15) is 18.3 Å². The number of ether oxygens (including phenoxy) is 3. The second-order valence-corrected chi connectivity index (χ2v) is 14.7. The zero-order valence-electron chi connectivity index (χ0n) is 28.4. The molecule has 2 saturated heterocycles. The number of aliphatic hydroxyl groups excluding tert-OH is 1. The van der Waals surface area contributed by atoms with Crippen LogP contribution in [0.25, 0.3) is 0 Å². The summed E-state index contributed by atoms with van der Waals surface area (Å²) in [5.41, 5.74) is 4.90. The van der Waals surface area contributed by atoms with E-state index in [2.05, 4.69) is 21.9 Å². The molecule has 6 rings (SSSR count). The maximum absolute atomic E-state index is 13.7. The molecule has 0 radical (unpaired) electrons. The van der Waals surface area contributed by atoms with Gasteiger partial charge in [0.1, 0.15) is 6.04 Å². The summed E-state index contributed by atoms with van der Waals surface area (Å²) in [6.07, 6.45) is -0.846. The fourth-order valence-electron chi connectivity index (χ4n) is 6.33. The highest BCUT2D eigenvalue weighted by atomic mass is 32.2. The predicted molar refractivity (Wildman–Crippen MR) is 191 cm³/mol. The highest BCUT2D eigenvalue weighted by Crippen LogP contribution is 2.42. The molecule has 0 saturated carbocycles. The Morgan fingerprint density at radius 3 is 2.18 bits per heavy atom. The van der Waals surface area contributed by atoms with E-state index < -0.39 is 28.3 Å². The molecule has 2 aliphatic rings. The normalized spacial score (nSPS) is 22.1. The number of morpholine rings is 1. The van der Waals surface area contributed by atoms with Crippen molar-refractivity contribution in [3.63, 3.8) is 0 Å². The van der Waals surface area contributed by atoms with Crippen LogP contribution in [-0.4, -0.2) is 69.3 Å². The van der Waals surface area contributed by atoms with Crippen molar-refractivity contribution in [1.29, 1.82) is 0 Å². The van der Waals surface area contributed by atoms with Crippen LogP contribution >= 0.6 is 0 Å². The summed E-state index contributed by atoms with van der Waals surface area (Å²) in [5, 5.41) is 12.5. The Bertz CT molecular complexity index is 1800. The Hall–Kier alpha value is -3.94. The van der Waals surface area contributed by atoms with Crippen LogP contribution < -0.4 is 10.0 Å². The largest absolute Gasteiger partial charge is 0.392 e. The summed E-state index contributed by atoms with van der Waals surface area (Å²) in [6, 6.07) is 29.8. The molecule has 4 aromatic carbocycles. The molecule has 3 N–H and O–H groups in total. The number of hydrogen-bond donors (Lipinski definition) is 3. The first kappa shape index (κ1) is 35.9. The summed E-state index contributed by atoms with van der Waals surface area (Å²) < 4.78 is 48.0. The van der Waals surface area contributed by atoms with Crippen molar-refractivity contribution in [3.05, 3.63) is 131 Å². The standard InChI is InChI=1S/C39H45N3O7S/c1-27-8-18-34(19-9-27)50(45,46)41-35(24-29-6-4-3-5-7-29)38(44)40-33-16-14-32(15-17-33)39-48-36(25-42-20-22-47-23-21-42)28(2)37(49-39)31-12-10-30(26-43)11-13-31/h3-19,28,35-37,39,41,43H,20-26H2,1-2H3,(H,40,44). The number of hydrogen-bond acceptors (Lipinski definition) is 8. The Morgan fingerprint density at radius 1 is 0.860 bits per heavy atom. The maximum atomic E-state index is 13.7. The number of nitrogens with zero attached hydrogens (tertiary/aromatic N) is 1. The van der Waals surface area contributed by atoms with Gasteiger partial charge in [0, 0.05) is 36.8 Å². The molecule has 5 atom stereocenters. The van der Waals surface area contributed by atoms with Gasteiger partial charge in [-0.2, -0.15) is 4.72 Å². The van der Waals surface area contributed by atoms with E-state index in [1.807, 2.05) is 73.7 Å². The molecule has 11 heteroatoms. The number of aliphatic hydroxyl groups is 1. The van der Waals surface area contributed by atoms with E-state index in [0.29, 0.717) is 18.9 Å². The monoisotopic (exact) mass is 699 g/mol. The average Bonchev–Trinajstić information content (AvgIpc) is 3.13. The third-order valence-corrected chi connectivity index (χ3v) is 10.8. The molecular formula is C39H45N3O7S. The number of carbonyl (C=O) groups is 1. The van der Waals surface area contributed by atoms with Gasteiger partial charge in [-0.15, -0.1) is 0 Å². The van der Waals surface area contributed by atoms with Gasteiger partial charge in [-0.05, 0) is 54.3 Å².